The maximum absolute atomic E-state index is 12.8. The van der Waals surface area contributed by atoms with Crippen molar-refractivity contribution in [2.75, 3.05) is 32.6 Å². The lowest BCUT2D eigenvalue weighted by Crippen LogP contribution is -2.41. The van der Waals surface area contributed by atoms with Gasteiger partial charge in [0.25, 0.3) is 0 Å². The molecule has 0 aliphatic rings. The lowest BCUT2D eigenvalue weighted by Gasteiger charge is -2.20. The molecule has 0 fully saturated rings. The van der Waals surface area contributed by atoms with Gasteiger partial charge in [0.1, 0.15) is 0 Å². The molecule has 0 aliphatic carbocycles. The number of carbonyl (C=O) groups is 2. The number of thiophene rings is 1. The van der Waals surface area contributed by atoms with Crippen LogP contribution in [-0.4, -0.2) is 58.8 Å². The Morgan fingerprint density at radius 2 is 2.19 bits per heavy atom. The third-order valence-electron chi connectivity index (χ3n) is 4.63. The molecule has 2 aromatic heterocycles. The van der Waals surface area contributed by atoms with Crippen LogP contribution in [0.25, 0.3) is 11.0 Å². The fraction of sp³-hybridized carbons (Fsp3) is 0.381. The van der Waals surface area contributed by atoms with Crippen LogP contribution in [0.4, 0.5) is 0 Å². The van der Waals surface area contributed by atoms with Gasteiger partial charge >= 0.3 is 0 Å². The van der Waals surface area contributed by atoms with Crippen LogP contribution in [-0.2, 0) is 27.4 Å². The van der Waals surface area contributed by atoms with Crippen molar-refractivity contribution in [1.82, 2.24) is 19.8 Å². The number of methoxy groups -OCH3 is 1. The number of carbonyl (C=O) groups excluding carboxylic acids is 2. The summed E-state index contributed by atoms with van der Waals surface area (Å²) >= 11 is 9.04. The Labute approximate surface area is 194 Å². The number of ether oxygens (including phenoxy) is 1. The number of rotatable bonds is 11. The van der Waals surface area contributed by atoms with Crippen molar-refractivity contribution in [3.05, 3.63) is 45.6 Å². The molecular formula is C21H25ClN4O3S2. The number of nitrogens with zero attached hydrogens (tertiary/aromatic N) is 3. The Morgan fingerprint density at radius 1 is 1.35 bits per heavy atom. The summed E-state index contributed by atoms with van der Waals surface area (Å²) in [5.74, 6) is -0.0893. The largest absolute Gasteiger partial charge is 0.383 e. The third-order valence-corrected chi connectivity index (χ3v) is 6.70. The summed E-state index contributed by atoms with van der Waals surface area (Å²) in [6, 6.07) is 9.46. The van der Waals surface area contributed by atoms with Crippen LogP contribution < -0.4 is 5.32 Å². The molecule has 0 unspecified atom stereocenters. The lowest BCUT2D eigenvalue weighted by atomic mass is 10.3. The van der Waals surface area contributed by atoms with Crippen LogP contribution in [0.3, 0.4) is 0 Å². The first-order valence-corrected chi connectivity index (χ1v) is 12.1. The van der Waals surface area contributed by atoms with Gasteiger partial charge in [-0.25, -0.2) is 4.98 Å². The number of thioether (sulfide) groups is 1. The molecule has 0 spiro atoms. The van der Waals surface area contributed by atoms with Crippen LogP contribution in [0.2, 0.25) is 5.02 Å². The molecule has 2 heterocycles. The molecule has 0 saturated heterocycles. The molecule has 10 heteroatoms. The SMILES string of the molecule is CCN(CC(=O)NCc1cccs1)C(=O)CSc1nc2cc(Cl)ccc2n1CCOC. The number of amides is 2. The van der Waals surface area contributed by atoms with E-state index in [1.165, 1.54) is 11.8 Å². The highest BCUT2D eigenvalue weighted by Gasteiger charge is 2.18. The molecule has 166 valence electrons. The van der Waals surface area contributed by atoms with Gasteiger partial charge in [0.2, 0.25) is 11.8 Å². The van der Waals surface area contributed by atoms with Gasteiger partial charge in [0.05, 0.1) is 36.5 Å². The van der Waals surface area contributed by atoms with Crippen molar-refractivity contribution in [3.8, 4) is 0 Å². The Balaban J connectivity index is 1.61. The number of hydrogen-bond acceptors (Lipinski definition) is 6. The summed E-state index contributed by atoms with van der Waals surface area (Å²) in [6.45, 7) is 3.99. The van der Waals surface area contributed by atoms with Crippen LogP contribution in [0.1, 0.15) is 11.8 Å². The molecule has 0 radical (unpaired) electrons. The summed E-state index contributed by atoms with van der Waals surface area (Å²) in [7, 11) is 1.65. The number of likely N-dealkylation sites (N-methyl/N-ethyl adjacent to an activating group) is 1. The van der Waals surface area contributed by atoms with Crippen LogP contribution in [0.15, 0.2) is 40.9 Å². The normalized spacial score (nSPS) is 11.1. The standard InChI is InChI=1S/C21H25ClN4O3S2/c1-3-25(13-19(27)23-12-16-5-4-10-30-16)20(28)14-31-21-24-17-11-15(22)6-7-18(17)26(21)8-9-29-2/h4-7,10-11H,3,8-9,12-14H2,1-2H3,(H,23,27). The number of halogens is 1. The molecule has 7 nitrogen and oxygen atoms in total. The summed E-state index contributed by atoms with van der Waals surface area (Å²) in [5.41, 5.74) is 1.72. The number of nitrogens with one attached hydrogen (secondary N) is 1. The highest BCUT2D eigenvalue weighted by Crippen LogP contribution is 2.26. The second kappa shape index (κ2) is 11.5. The molecule has 0 saturated carbocycles. The predicted molar refractivity (Wildman–Crippen MR) is 126 cm³/mol. The zero-order valence-electron chi connectivity index (χ0n) is 17.5. The maximum atomic E-state index is 12.8. The van der Waals surface area contributed by atoms with Crippen molar-refractivity contribution in [3.63, 3.8) is 0 Å². The van der Waals surface area contributed by atoms with Crippen LogP contribution in [0.5, 0.6) is 0 Å². The summed E-state index contributed by atoms with van der Waals surface area (Å²) in [5, 5.41) is 6.16. The van der Waals surface area contributed by atoms with Crippen molar-refractivity contribution in [2.24, 2.45) is 0 Å². The van der Waals surface area contributed by atoms with Gasteiger partial charge in [-0.3, -0.25) is 9.59 Å². The third kappa shape index (κ3) is 6.46. The Morgan fingerprint density at radius 3 is 2.90 bits per heavy atom. The van der Waals surface area contributed by atoms with Crippen molar-refractivity contribution >= 4 is 57.5 Å². The number of hydrogen-bond donors (Lipinski definition) is 1. The minimum Gasteiger partial charge on any atom is -0.383 e. The molecular weight excluding hydrogens is 456 g/mol. The fourth-order valence-electron chi connectivity index (χ4n) is 3.01. The molecule has 3 aromatic rings. The maximum Gasteiger partial charge on any atom is 0.239 e. The number of aromatic nitrogens is 2. The van der Waals surface area contributed by atoms with Gasteiger partial charge in [-0.2, -0.15) is 0 Å². The second-order valence-electron chi connectivity index (χ2n) is 6.72. The van der Waals surface area contributed by atoms with E-state index in [1.807, 2.05) is 47.2 Å². The van der Waals surface area contributed by atoms with Gasteiger partial charge in [0, 0.05) is 30.1 Å². The minimum atomic E-state index is -0.171. The highest BCUT2D eigenvalue weighted by molar-refractivity contribution is 7.99. The van der Waals surface area contributed by atoms with E-state index in [-0.39, 0.29) is 24.1 Å². The van der Waals surface area contributed by atoms with E-state index in [0.717, 1.165) is 21.1 Å². The molecule has 0 atom stereocenters. The van der Waals surface area contributed by atoms with E-state index in [2.05, 4.69) is 10.3 Å². The van der Waals surface area contributed by atoms with Gasteiger partial charge in [-0.05, 0) is 36.6 Å². The fourth-order valence-corrected chi connectivity index (χ4v) is 4.77. The van der Waals surface area contributed by atoms with Crippen LogP contribution >= 0.6 is 34.7 Å². The molecule has 0 aliphatic heterocycles. The molecule has 1 N–H and O–H groups in total. The summed E-state index contributed by atoms with van der Waals surface area (Å²) in [6.07, 6.45) is 0. The van der Waals surface area contributed by atoms with E-state index in [9.17, 15) is 9.59 Å². The minimum absolute atomic E-state index is 0.0387. The van der Waals surface area contributed by atoms with E-state index in [1.54, 1.807) is 23.3 Å². The second-order valence-corrected chi connectivity index (χ2v) is 9.14. The van der Waals surface area contributed by atoms with E-state index in [4.69, 9.17) is 16.3 Å². The Bertz CT molecular complexity index is 1020. The smallest absolute Gasteiger partial charge is 0.239 e. The first-order chi connectivity index (χ1) is 15.0. The predicted octanol–water partition coefficient (Wildman–Crippen LogP) is 3.65. The van der Waals surface area contributed by atoms with Crippen molar-refractivity contribution in [2.45, 2.75) is 25.2 Å². The first-order valence-electron chi connectivity index (χ1n) is 9.86. The monoisotopic (exact) mass is 480 g/mol. The van der Waals surface area contributed by atoms with Gasteiger partial charge in [-0.1, -0.05) is 29.4 Å². The summed E-state index contributed by atoms with van der Waals surface area (Å²) < 4.78 is 7.24. The topological polar surface area (TPSA) is 76.5 Å². The zero-order valence-corrected chi connectivity index (χ0v) is 19.9. The zero-order chi connectivity index (χ0) is 22.2. The molecule has 31 heavy (non-hydrogen) atoms. The lowest BCUT2D eigenvalue weighted by molar-refractivity contribution is -0.133. The quantitative estimate of drug-likeness (QED) is 0.424. The number of imidazole rings is 1. The molecule has 3 rings (SSSR count). The first kappa shape index (κ1) is 23.6. The van der Waals surface area contributed by atoms with Gasteiger partial charge in [-0.15, -0.1) is 11.3 Å². The van der Waals surface area contributed by atoms with Gasteiger partial charge < -0.3 is 19.5 Å². The Hall–Kier alpha value is -2.07. The number of benzene rings is 1. The van der Waals surface area contributed by atoms with Crippen molar-refractivity contribution < 1.29 is 14.3 Å². The average Bonchev–Trinajstić information content (AvgIpc) is 3.40. The van der Waals surface area contributed by atoms with Crippen molar-refractivity contribution in [1.29, 1.82) is 0 Å². The molecule has 1 aromatic carbocycles. The van der Waals surface area contributed by atoms with E-state index in [0.29, 0.717) is 31.3 Å². The van der Waals surface area contributed by atoms with E-state index >= 15 is 0 Å². The highest BCUT2D eigenvalue weighted by atomic mass is 35.5. The van der Waals surface area contributed by atoms with Gasteiger partial charge in [0.15, 0.2) is 5.16 Å². The van der Waals surface area contributed by atoms with E-state index < -0.39 is 0 Å². The van der Waals surface area contributed by atoms with Crippen LogP contribution in [0, 0.1) is 0 Å². The molecule has 2 amide bonds. The average molecular weight is 481 g/mol. The number of fused-ring (bicyclic) bond motifs is 1. The summed E-state index contributed by atoms with van der Waals surface area (Å²) in [4.78, 5) is 32.3. The Kier molecular flexibility index (Phi) is 8.77. The molecule has 0 bridgehead atoms.